The molecule has 1 aromatic heterocycles. The van der Waals surface area contributed by atoms with E-state index >= 15 is 0 Å². The molecule has 2 aromatic rings. The predicted octanol–water partition coefficient (Wildman–Crippen LogP) is 6.74. The van der Waals surface area contributed by atoms with Gasteiger partial charge >= 0.3 is 0 Å². The van der Waals surface area contributed by atoms with Crippen LogP contribution in [0.2, 0.25) is 5.15 Å². The van der Waals surface area contributed by atoms with Crippen molar-refractivity contribution >= 4 is 23.1 Å². The second-order valence-corrected chi connectivity index (χ2v) is 7.61. The van der Waals surface area contributed by atoms with Gasteiger partial charge in [-0.15, -0.1) is 0 Å². The highest BCUT2D eigenvalue weighted by molar-refractivity contribution is 6.33. The molecule has 0 spiro atoms. The molecule has 0 atom stereocenters. The molecule has 0 unspecified atom stereocenters. The number of aryl methyl sites for hydroxylation is 1. The van der Waals surface area contributed by atoms with Crippen molar-refractivity contribution in [3.05, 3.63) is 58.1 Å². The number of hydrogen-bond donors (Lipinski definition) is 0. The molecule has 0 saturated carbocycles. The highest BCUT2D eigenvalue weighted by Crippen LogP contribution is 2.36. The fourth-order valence-corrected chi connectivity index (χ4v) is 3.91. The van der Waals surface area contributed by atoms with Crippen LogP contribution in [-0.2, 0) is 11.2 Å². The number of methoxy groups -OCH3 is 1. The highest BCUT2D eigenvalue weighted by atomic mass is 35.5. The van der Waals surface area contributed by atoms with E-state index in [1.165, 1.54) is 19.3 Å². The molecular weight excluding hydrogens is 410 g/mol. The molecule has 160 valence electrons. The molecular formula is C23H25ClF2N2O2. The summed E-state index contributed by atoms with van der Waals surface area (Å²) >= 11 is 6.56. The number of allylic oxidation sites excluding steroid dienone is 4. The zero-order valence-electron chi connectivity index (χ0n) is 17.4. The third-order valence-corrected chi connectivity index (χ3v) is 5.44. The standard InChI is InChI=1S/C23H25ClF2N2O2/c1-4-6-14-8-9-15(12-17(14)25)23-27-21(19(29)7-5-2)22(24)28(23)16-10-11-20(30-3)18(26)13-16/h8-9,12-13H,4-7,10-11H2,1-3H3. The van der Waals surface area contributed by atoms with Crippen LogP contribution in [0.5, 0.6) is 0 Å². The molecule has 1 aromatic carbocycles. The minimum atomic E-state index is -0.500. The van der Waals surface area contributed by atoms with Crippen LogP contribution in [0.15, 0.2) is 35.9 Å². The van der Waals surface area contributed by atoms with Crippen LogP contribution >= 0.6 is 11.6 Å². The Morgan fingerprint density at radius 3 is 2.60 bits per heavy atom. The van der Waals surface area contributed by atoms with Crippen LogP contribution in [0, 0.1) is 5.82 Å². The number of rotatable bonds is 8. The first-order valence-corrected chi connectivity index (χ1v) is 10.5. The summed E-state index contributed by atoms with van der Waals surface area (Å²) < 4.78 is 35.6. The maximum absolute atomic E-state index is 14.6. The van der Waals surface area contributed by atoms with Crippen LogP contribution in [-0.4, -0.2) is 22.4 Å². The van der Waals surface area contributed by atoms with E-state index in [0.29, 0.717) is 54.8 Å². The Morgan fingerprint density at radius 2 is 2.00 bits per heavy atom. The molecule has 4 nitrogen and oxygen atoms in total. The third kappa shape index (κ3) is 4.33. The SMILES string of the molecule is CCCC(=O)c1nc(-c2ccc(CCC)c(F)c2)n(C2=CC(F)=C(OC)CC2)c1Cl. The normalized spacial score (nSPS) is 14.1. The minimum Gasteiger partial charge on any atom is -0.498 e. The number of Topliss-reactive ketones (excluding diaryl/α,β-unsaturated/α-hetero) is 1. The number of imidazole rings is 1. The van der Waals surface area contributed by atoms with Gasteiger partial charge < -0.3 is 4.74 Å². The zero-order valence-corrected chi connectivity index (χ0v) is 18.2. The fourth-order valence-electron chi connectivity index (χ4n) is 3.57. The van der Waals surface area contributed by atoms with E-state index in [1.807, 2.05) is 13.8 Å². The molecule has 0 amide bonds. The number of ketones is 1. The van der Waals surface area contributed by atoms with Gasteiger partial charge in [0.2, 0.25) is 0 Å². The number of hydrogen-bond acceptors (Lipinski definition) is 3. The lowest BCUT2D eigenvalue weighted by Crippen LogP contribution is -2.07. The number of carbonyl (C=O) groups excluding carboxylic acids is 1. The van der Waals surface area contributed by atoms with E-state index in [-0.39, 0.29) is 28.2 Å². The zero-order chi connectivity index (χ0) is 21.8. The number of nitrogens with zero attached hydrogens (tertiary/aromatic N) is 2. The molecule has 1 heterocycles. The lowest BCUT2D eigenvalue weighted by Gasteiger charge is -2.18. The summed E-state index contributed by atoms with van der Waals surface area (Å²) in [6, 6.07) is 4.87. The van der Waals surface area contributed by atoms with Gasteiger partial charge in [0.15, 0.2) is 11.6 Å². The van der Waals surface area contributed by atoms with Gasteiger partial charge in [-0.05, 0) is 37.0 Å². The fraction of sp³-hybridized carbons (Fsp3) is 0.391. The molecule has 1 aliphatic rings. The molecule has 3 rings (SSSR count). The number of ether oxygens (including phenoxy) is 1. The first-order valence-electron chi connectivity index (χ1n) is 10.1. The van der Waals surface area contributed by atoms with E-state index in [4.69, 9.17) is 16.3 Å². The van der Waals surface area contributed by atoms with Gasteiger partial charge in [-0.1, -0.05) is 44.0 Å². The molecule has 0 N–H and O–H groups in total. The summed E-state index contributed by atoms with van der Waals surface area (Å²) in [4.78, 5) is 17.0. The van der Waals surface area contributed by atoms with E-state index in [9.17, 15) is 13.6 Å². The summed E-state index contributed by atoms with van der Waals surface area (Å²) in [6.07, 6.45) is 4.52. The van der Waals surface area contributed by atoms with Crippen molar-refractivity contribution in [1.29, 1.82) is 0 Å². The first kappa shape index (κ1) is 22.2. The molecule has 0 radical (unpaired) electrons. The van der Waals surface area contributed by atoms with Crippen LogP contribution in [0.4, 0.5) is 8.78 Å². The van der Waals surface area contributed by atoms with Crippen molar-refractivity contribution in [1.82, 2.24) is 9.55 Å². The van der Waals surface area contributed by atoms with Crippen molar-refractivity contribution in [3.63, 3.8) is 0 Å². The van der Waals surface area contributed by atoms with Crippen molar-refractivity contribution in [2.45, 2.75) is 52.4 Å². The summed E-state index contributed by atoms with van der Waals surface area (Å²) in [6.45, 7) is 3.87. The van der Waals surface area contributed by atoms with E-state index in [2.05, 4.69) is 4.98 Å². The van der Waals surface area contributed by atoms with E-state index in [1.54, 1.807) is 16.7 Å². The van der Waals surface area contributed by atoms with Crippen molar-refractivity contribution in [3.8, 4) is 11.4 Å². The number of carbonyl (C=O) groups is 1. The Bertz CT molecular complexity index is 1020. The minimum absolute atomic E-state index is 0.112. The van der Waals surface area contributed by atoms with Crippen molar-refractivity contribution in [2.75, 3.05) is 7.11 Å². The van der Waals surface area contributed by atoms with Crippen molar-refractivity contribution in [2.24, 2.45) is 0 Å². The molecule has 0 saturated heterocycles. The molecule has 1 aliphatic carbocycles. The highest BCUT2D eigenvalue weighted by Gasteiger charge is 2.26. The predicted molar refractivity (Wildman–Crippen MR) is 115 cm³/mol. The lowest BCUT2D eigenvalue weighted by atomic mass is 10.1. The quantitative estimate of drug-likeness (QED) is 0.432. The van der Waals surface area contributed by atoms with Crippen LogP contribution < -0.4 is 0 Å². The van der Waals surface area contributed by atoms with Crippen LogP contribution in [0.25, 0.3) is 17.1 Å². The lowest BCUT2D eigenvalue weighted by molar-refractivity contribution is 0.0977. The molecule has 30 heavy (non-hydrogen) atoms. The molecule has 0 aliphatic heterocycles. The summed E-state index contributed by atoms with van der Waals surface area (Å²) in [5.74, 6) is -0.460. The second-order valence-electron chi connectivity index (χ2n) is 7.25. The average Bonchev–Trinajstić information content (AvgIpc) is 3.07. The van der Waals surface area contributed by atoms with Gasteiger partial charge in [-0.25, -0.2) is 13.8 Å². The van der Waals surface area contributed by atoms with Gasteiger partial charge in [0.25, 0.3) is 0 Å². The first-order chi connectivity index (χ1) is 14.4. The molecule has 0 fully saturated rings. The largest absolute Gasteiger partial charge is 0.498 e. The Kier molecular flexibility index (Phi) is 7.08. The maximum Gasteiger partial charge on any atom is 0.184 e. The van der Waals surface area contributed by atoms with Gasteiger partial charge in [0.1, 0.15) is 28.2 Å². The second kappa shape index (κ2) is 9.56. The van der Waals surface area contributed by atoms with Crippen LogP contribution in [0.3, 0.4) is 0 Å². The maximum atomic E-state index is 14.6. The smallest absolute Gasteiger partial charge is 0.184 e. The van der Waals surface area contributed by atoms with Gasteiger partial charge in [0, 0.05) is 24.1 Å². The number of halogens is 3. The van der Waals surface area contributed by atoms with E-state index in [0.717, 1.165) is 6.42 Å². The number of benzene rings is 1. The van der Waals surface area contributed by atoms with Crippen LogP contribution in [0.1, 0.15) is 62.0 Å². The summed E-state index contributed by atoms with van der Waals surface area (Å²) in [5.41, 5.74) is 1.75. The van der Waals surface area contributed by atoms with E-state index < -0.39 is 5.83 Å². The third-order valence-electron chi connectivity index (χ3n) is 5.09. The molecule has 7 heteroatoms. The number of aromatic nitrogens is 2. The average molecular weight is 435 g/mol. The Hall–Kier alpha value is -2.47. The summed E-state index contributed by atoms with van der Waals surface area (Å²) in [5, 5.41) is 0.112. The Labute approximate surface area is 180 Å². The monoisotopic (exact) mass is 434 g/mol. The Morgan fingerprint density at radius 1 is 1.23 bits per heavy atom. The molecule has 0 bridgehead atoms. The Balaban J connectivity index is 2.17. The van der Waals surface area contributed by atoms with Crippen molar-refractivity contribution < 1.29 is 18.3 Å². The van der Waals surface area contributed by atoms with Gasteiger partial charge in [-0.2, -0.15) is 0 Å². The van der Waals surface area contributed by atoms with Gasteiger partial charge in [0.05, 0.1) is 7.11 Å². The van der Waals surface area contributed by atoms with Gasteiger partial charge in [-0.3, -0.25) is 9.36 Å². The topological polar surface area (TPSA) is 44.1 Å². The summed E-state index contributed by atoms with van der Waals surface area (Å²) in [7, 11) is 1.42.